The maximum absolute atomic E-state index is 6.29. The van der Waals surface area contributed by atoms with Gasteiger partial charge in [0.15, 0.2) is 11.4 Å². The van der Waals surface area contributed by atoms with Crippen molar-refractivity contribution in [2.45, 2.75) is 19.9 Å². The smallest absolute Gasteiger partial charge is 0.227 e. The Morgan fingerprint density at radius 3 is 2.55 bits per heavy atom. The van der Waals surface area contributed by atoms with E-state index in [0.29, 0.717) is 5.71 Å². The molecule has 5 nitrogen and oxygen atoms in total. The average Bonchev–Trinajstić information content (AvgIpc) is 3.18. The second-order valence-electron chi connectivity index (χ2n) is 8.08. The van der Waals surface area contributed by atoms with E-state index in [-0.39, 0.29) is 6.04 Å². The molecule has 6 rings (SSSR count). The Kier molecular flexibility index (Phi) is 3.96. The van der Waals surface area contributed by atoms with Gasteiger partial charge in [-0.15, -0.1) is 0 Å². The lowest BCUT2D eigenvalue weighted by molar-refractivity contribution is 0.643. The van der Waals surface area contributed by atoms with Crippen LogP contribution in [0.4, 0.5) is 22.9 Å². The monoisotopic (exact) mass is 406 g/mol. The van der Waals surface area contributed by atoms with Crippen molar-refractivity contribution in [3.63, 3.8) is 0 Å². The molecule has 5 aromatic rings. The number of anilines is 4. The first-order chi connectivity index (χ1) is 15.2. The summed E-state index contributed by atoms with van der Waals surface area (Å²) in [6, 6.07) is 23.2. The second kappa shape index (κ2) is 6.84. The van der Waals surface area contributed by atoms with Gasteiger partial charge >= 0.3 is 0 Å². The van der Waals surface area contributed by atoms with Crippen LogP contribution in [0.25, 0.3) is 22.1 Å². The predicted molar refractivity (Wildman–Crippen MR) is 126 cm³/mol. The van der Waals surface area contributed by atoms with Crippen molar-refractivity contribution in [3.05, 3.63) is 84.7 Å². The van der Waals surface area contributed by atoms with Crippen molar-refractivity contribution in [3.8, 4) is 0 Å². The minimum atomic E-state index is 0.247. The van der Waals surface area contributed by atoms with Gasteiger partial charge in [0.2, 0.25) is 5.71 Å². The highest BCUT2D eigenvalue weighted by Gasteiger charge is 2.33. The van der Waals surface area contributed by atoms with Gasteiger partial charge in [-0.1, -0.05) is 30.3 Å². The number of pyridine rings is 2. The van der Waals surface area contributed by atoms with Gasteiger partial charge in [0.25, 0.3) is 0 Å². The molecule has 2 aromatic carbocycles. The fourth-order valence-corrected chi connectivity index (χ4v) is 4.73. The summed E-state index contributed by atoms with van der Waals surface area (Å²) in [7, 11) is 0. The Labute approximate surface area is 180 Å². The van der Waals surface area contributed by atoms with Crippen molar-refractivity contribution in [1.82, 2.24) is 9.97 Å². The normalized spacial score (nSPS) is 16.1. The molecule has 4 heterocycles. The molecule has 152 valence electrons. The van der Waals surface area contributed by atoms with E-state index in [4.69, 9.17) is 9.40 Å². The van der Waals surface area contributed by atoms with Gasteiger partial charge in [-0.3, -0.25) is 0 Å². The zero-order valence-corrected chi connectivity index (χ0v) is 17.5. The molecular weight excluding hydrogens is 384 g/mol. The number of aryl methyl sites for hydroxylation is 1. The van der Waals surface area contributed by atoms with Crippen molar-refractivity contribution in [2.75, 3.05) is 16.3 Å². The zero-order chi connectivity index (χ0) is 20.9. The van der Waals surface area contributed by atoms with E-state index in [9.17, 15) is 0 Å². The molecule has 0 saturated carbocycles. The van der Waals surface area contributed by atoms with E-state index in [0.717, 1.165) is 45.7 Å². The predicted octanol–water partition coefficient (Wildman–Crippen LogP) is 6.36. The molecule has 1 aliphatic rings. The first kappa shape index (κ1) is 18.0. The van der Waals surface area contributed by atoms with Crippen LogP contribution < -0.4 is 9.80 Å². The maximum atomic E-state index is 6.29. The van der Waals surface area contributed by atoms with Crippen LogP contribution in [0.3, 0.4) is 0 Å². The largest absolute Gasteiger partial charge is 0.435 e. The summed E-state index contributed by atoms with van der Waals surface area (Å²) in [5, 5.41) is 2.12. The van der Waals surface area contributed by atoms with Gasteiger partial charge in [0.1, 0.15) is 0 Å². The van der Waals surface area contributed by atoms with Crippen LogP contribution in [-0.4, -0.2) is 22.6 Å². The van der Waals surface area contributed by atoms with E-state index in [1.54, 1.807) is 6.20 Å². The molecule has 0 saturated heterocycles. The van der Waals surface area contributed by atoms with Crippen molar-refractivity contribution in [1.29, 1.82) is 0 Å². The Balaban J connectivity index is 1.59. The van der Waals surface area contributed by atoms with Crippen LogP contribution in [0, 0.1) is 6.92 Å². The zero-order valence-electron chi connectivity index (χ0n) is 17.5. The molecule has 5 heteroatoms. The summed E-state index contributed by atoms with van der Waals surface area (Å²) in [5.74, 6) is 0.938. The van der Waals surface area contributed by atoms with Gasteiger partial charge in [0, 0.05) is 41.4 Å². The Hall–Kier alpha value is -3.86. The van der Waals surface area contributed by atoms with Crippen LogP contribution in [0.2, 0.25) is 0 Å². The quantitative estimate of drug-likeness (QED) is 0.341. The highest BCUT2D eigenvalue weighted by Crippen LogP contribution is 2.45. The number of hydrogen-bond donors (Lipinski definition) is 0. The SMILES string of the molecule is Cc1ccc2c(oc3ncccc32)c1N1CC(C)N(c2ccccc2)c2cccnc21. The fourth-order valence-electron chi connectivity index (χ4n) is 4.73. The summed E-state index contributed by atoms with van der Waals surface area (Å²) in [6.45, 7) is 5.18. The summed E-state index contributed by atoms with van der Waals surface area (Å²) in [4.78, 5) is 13.9. The number of nitrogens with zero attached hydrogens (tertiary/aromatic N) is 4. The third-order valence-electron chi connectivity index (χ3n) is 6.07. The number of para-hydroxylation sites is 1. The van der Waals surface area contributed by atoms with Gasteiger partial charge in [-0.2, -0.15) is 0 Å². The van der Waals surface area contributed by atoms with Gasteiger partial charge in [-0.25, -0.2) is 9.97 Å². The Bertz CT molecular complexity index is 1410. The maximum Gasteiger partial charge on any atom is 0.227 e. The molecule has 0 spiro atoms. The topological polar surface area (TPSA) is 45.4 Å². The summed E-state index contributed by atoms with van der Waals surface area (Å²) >= 11 is 0. The molecule has 3 aromatic heterocycles. The second-order valence-corrected chi connectivity index (χ2v) is 8.08. The van der Waals surface area contributed by atoms with Crippen molar-refractivity contribution < 1.29 is 4.42 Å². The minimum Gasteiger partial charge on any atom is -0.435 e. The molecule has 0 amide bonds. The van der Waals surface area contributed by atoms with E-state index < -0.39 is 0 Å². The molecule has 0 aliphatic carbocycles. The standard InChI is InChI=1S/C26H22N4O/c1-17-12-13-20-21-10-6-15-28-26(21)31-24(20)23(17)29-16-18(2)30(19-8-4-3-5-9-19)22-11-7-14-27-25(22)29/h3-15,18H,16H2,1-2H3. The lowest BCUT2D eigenvalue weighted by Gasteiger charge is -2.42. The molecule has 31 heavy (non-hydrogen) atoms. The van der Waals surface area contributed by atoms with Crippen LogP contribution in [0.5, 0.6) is 0 Å². The molecule has 1 aliphatic heterocycles. The summed E-state index contributed by atoms with van der Waals surface area (Å²) in [5.41, 5.74) is 6.02. The Morgan fingerprint density at radius 1 is 0.871 bits per heavy atom. The first-order valence-electron chi connectivity index (χ1n) is 10.6. The minimum absolute atomic E-state index is 0.247. The molecule has 0 N–H and O–H groups in total. The van der Waals surface area contributed by atoms with Crippen LogP contribution in [0.1, 0.15) is 12.5 Å². The van der Waals surface area contributed by atoms with Crippen LogP contribution in [0.15, 0.2) is 83.5 Å². The number of hydrogen-bond acceptors (Lipinski definition) is 5. The van der Waals surface area contributed by atoms with Gasteiger partial charge in [0.05, 0.1) is 11.4 Å². The Morgan fingerprint density at radius 2 is 1.68 bits per heavy atom. The number of benzene rings is 2. The molecule has 0 radical (unpaired) electrons. The molecule has 1 atom stereocenters. The highest BCUT2D eigenvalue weighted by molar-refractivity contribution is 6.09. The fraction of sp³-hybridized carbons (Fsp3) is 0.154. The van der Waals surface area contributed by atoms with Gasteiger partial charge < -0.3 is 14.2 Å². The average molecular weight is 406 g/mol. The van der Waals surface area contributed by atoms with Crippen LogP contribution in [-0.2, 0) is 0 Å². The number of furan rings is 1. The van der Waals surface area contributed by atoms with E-state index in [1.807, 2.05) is 24.4 Å². The molecule has 1 unspecified atom stereocenters. The lowest BCUT2D eigenvalue weighted by atomic mass is 10.0. The molecule has 0 bridgehead atoms. The lowest BCUT2D eigenvalue weighted by Crippen LogP contribution is -2.44. The van der Waals surface area contributed by atoms with E-state index >= 15 is 0 Å². The summed E-state index contributed by atoms with van der Waals surface area (Å²) in [6.07, 6.45) is 3.63. The third kappa shape index (κ3) is 2.70. The van der Waals surface area contributed by atoms with E-state index in [2.05, 4.69) is 77.2 Å². The van der Waals surface area contributed by atoms with Crippen LogP contribution >= 0.6 is 0 Å². The third-order valence-corrected chi connectivity index (χ3v) is 6.07. The van der Waals surface area contributed by atoms with Crippen molar-refractivity contribution >= 4 is 44.9 Å². The van der Waals surface area contributed by atoms with Crippen molar-refractivity contribution in [2.24, 2.45) is 0 Å². The number of aromatic nitrogens is 2. The number of fused-ring (bicyclic) bond motifs is 4. The highest BCUT2D eigenvalue weighted by atomic mass is 16.3. The molecular formula is C26H22N4O. The number of rotatable bonds is 2. The first-order valence-corrected chi connectivity index (χ1v) is 10.6. The van der Waals surface area contributed by atoms with Gasteiger partial charge in [-0.05, 0) is 55.8 Å². The summed E-state index contributed by atoms with van der Waals surface area (Å²) < 4.78 is 6.29. The van der Waals surface area contributed by atoms with E-state index in [1.165, 1.54) is 5.69 Å². The molecule has 0 fully saturated rings.